The number of para-hydroxylation sites is 1. The van der Waals surface area contributed by atoms with E-state index in [9.17, 15) is 18.4 Å². The van der Waals surface area contributed by atoms with Gasteiger partial charge in [0.2, 0.25) is 5.91 Å². The topological polar surface area (TPSA) is 70.7 Å². The summed E-state index contributed by atoms with van der Waals surface area (Å²) >= 11 is 0. The number of likely N-dealkylation sites (tertiary alicyclic amines) is 1. The molecule has 0 aromatic heterocycles. The third kappa shape index (κ3) is 5.15. The number of alkyl halides is 2. The first-order valence-electron chi connectivity index (χ1n) is 9.39. The Morgan fingerprint density at radius 3 is 2.67 bits per heavy atom. The maximum absolute atomic E-state index is 12.8. The predicted molar refractivity (Wildman–Crippen MR) is 95.7 cm³/mol. The molecule has 0 radical (unpaired) electrons. The van der Waals surface area contributed by atoms with E-state index in [2.05, 4.69) is 15.4 Å². The lowest BCUT2D eigenvalue weighted by Crippen LogP contribution is -2.49. The number of ether oxygens (including phenoxy) is 1. The lowest BCUT2D eigenvalue weighted by molar-refractivity contribution is -0.127. The van der Waals surface area contributed by atoms with E-state index in [-0.39, 0.29) is 35.1 Å². The number of nitrogens with one attached hydrogen (secondary N) is 2. The number of hydrogen-bond acceptors (Lipinski definition) is 4. The maximum Gasteiger partial charge on any atom is 0.387 e. The van der Waals surface area contributed by atoms with Crippen LogP contribution in [0.5, 0.6) is 5.75 Å². The highest BCUT2D eigenvalue weighted by molar-refractivity contribution is 5.97. The van der Waals surface area contributed by atoms with Crippen molar-refractivity contribution >= 4 is 11.8 Å². The molecular formula is C19H25F2N3O3. The minimum atomic E-state index is -3.00. The van der Waals surface area contributed by atoms with Crippen molar-refractivity contribution in [2.24, 2.45) is 5.92 Å². The van der Waals surface area contributed by atoms with Crippen LogP contribution in [0.2, 0.25) is 0 Å². The predicted octanol–water partition coefficient (Wildman–Crippen LogP) is 2.01. The molecule has 0 saturated carbocycles. The van der Waals surface area contributed by atoms with Gasteiger partial charge in [0.1, 0.15) is 5.75 Å². The van der Waals surface area contributed by atoms with Crippen LogP contribution in [0.1, 0.15) is 36.0 Å². The quantitative estimate of drug-likeness (QED) is 0.819. The molecule has 27 heavy (non-hydrogen) atoms. The minimum Gasteiger partial charge on any atom is -0.434 e. The molecule has 2 N–H and O–H groups in total. The Labute approximate surface area is 157 Å². The van der Waals surface area contributed by atoms with E-state index in [0.29, 0.717) is 19.5 Å². The summed E-state index contributed by atoms with van der Waals surface area (Å²) in [7, 11) is 0. The number of hydrogen-bond donors (Lipinski definition) is 2. The van der Waals surface area contributed by atoms with E-state index >= 15 is 0 Å². The molecule has 3 rings (SSSR count). The van der Waals surface area contributed by atoms with E-state index in [0.717, 1.165) is 32.4 Å². The fraction of sp³-hybridized carbons (Fsp3) is 0.579. The highest BCUT2D eigenvalue weighted by atomic mass is 19.3. The number of halogens is 2. The number of nitrogens with zero attached hydrogens (tertiary/aromatic N) is 1. The molecule has 2 aliphatic rings. The van der Waals surface area contributed by atoms with Gasteiger partial charge in [-0.2, -0.15) is 8.78 Å². The Kier molecular flexibility index (Phi) is 6.60. The van der Waals surface area contributed by atoms with E-state index in [1.54, 1.807) is 17.0 Å². The third-order valence-electron chi connectivity index (χ3n) is 5.10. The second-order valence-corrected chi connectivity index (χ2v) is 7.00. The van der Waals surface area contributed by atoms with Crippen molar-refractivity contribution in [2.75, 3.05) is 26.2 Å². The summed E-state index contributed by atoms with van der Waals surface area (Å²) in [6.45, 7) is -0.427. The van der Waals surface area contributed by atoms with Crippen LogP contribution in [0.4, 0.5) is 8.78 Å². The van der Waals surface area contributed by atoms with Crippen molar-refractivity contribution in [1.29, 1.82) is 0 Å². The smallest absolute Gasteiger partial charge is 0.387 e. The van der Waals surface area contributed by atoms with Crippen molar-refractivity contribution in [1.82, 2.24) is 15.5 Å². The Morgan fingerprint density at radius 1 is 1.19 bits per heavy atom. The largest absolute Gasteiger partial charge is 0.434 e. The fourth-order valence-electron chi connectivity index (χ4n) is 3.67. The SMILES string of the molecule is O=C(NC1CCNCC1)C1CCCN(C(=O)c2ccccc2OC(F)F)C1. The lowest BCUT2D eigenvalue weighted by atomic mass is 9.95. The maximum atomic E-state index is 12.8. The Hall–Kier alpha value is -2.22. The van der Waals surface area contributed by atoms with Gasteiger partial charge in [-0.3, -0.25) is 9.59 Å². The Balaban J connectivity index is 1.63. The number of carbonyl (C=O) groups excluding carboxylic acids is 2. The monoisotopic (exact) mass is 381 g/mol. The van der Waals surface area contributed by atoms with Crippen LogP contribution in [0.3, 0.4) is 0 Å². The van der Waals surface area contributed by atoms with Gasteiger partial charge in [-0.25, -0.2) is 0 Å². The van der Waals surface area contributed by atoms with E-state index in [1.165, 1.54) is 12.1 Å². The average Bonchev–Trinajstić information content (AvgIpc) is 2.68. The van der Waals surface area contributed by atoms with Crippen LogP contribution < -0.4 is 15.4 Å². The van der Waals surface area contributed by atoms with Crippen LogP contribution >= 0.6 is 0 Å². The zero-order valence-corrected chi connectivity index (χ0v) is 15.1. The molecule has 8 heteroatoms. The number of benzene rings is 1. The molecule has 1 unspecified atom stereocenters. The highest BCUT2D eigenvalue weighted by Crippen LogP contribution is 2.25. The van der Waals surface area contributed by atoms with Gasteiger partial charge in [0, 0.05) is 19.1 Å². The summed E-state index contributed by atoms with van der Waals surface area (Å²) in [5.74, 6) is -0.832. The zero-order chi connectivity index (χ0) is 19.2. The summed E-state index contributed by atoms with van der Waals surface area (Å²) in [6, 6.07) is 6.14. The molecule has 1 atom stereocenters. The van der Waals surface area contributed by atoms with Gasteiger partial charge in [0.15, 0.2) is 0 Å². The van der Waals surface area contributed by atoms with Crippen LogP contribution in [-0.2, 0) is 4.79 Å². The summed E-state index contributed by atoms with van der Waals surface area (Å²) in [4.78, 5) is 27.0. The molecule has 2 heterocycles. The third-order valence-corrected chi connectivity index (χ3v) is 5.10. The average molecular weight is 381 g/mol. The number of amides is 2. The van der Waals surface area contributed by atoms with Crippen LogP contribution in [0, 0.1) is 5.92 Å². The van der Waals surface area contributed by atoms with Crippen molar-refractivity contribution in [3.05, 3.63) is 29.8 Å². The molecule has 0 bridgehead atoms. The number of piperidine rings is 2. The van der Waals surface area contributed by atoms with E-state index in [4.69, 9.17) is 0 Å². The molecule has 2 saturated heterocycles. The van der Waals surface area contributed by atoms with Gasteiger partial charge in [0.25, 0.3) is 5.91 Å². The normalized spacial score (nSPS) is 21.1. The summed E-state index contributed by atoms with van der Waals surface area (Å²) in [6.07, 6.45) is 3.22. The van der Waals surface area contributed by atoms with Crippen molar-refractivity contribution in [3.63, 3.8) is 0 Å². The minimum absolute atomic E-state index is 0.0310. The molecule has 148 valence electrons. The summed E-state index contributed by atoms with van der Waals surface area (Å²) in [5, 5.41) is 6.34. The second kappa shape index (κ2) is 9.12. The second-order valence-electron chi connectivity index (χ2n) is 7.00. The highest BCUT2D eigenvalue weighted by Gasteiger charge is 2.31. The molecule has 2 amide bonds. The van der Waals surface area contributed by atoms with Crippen LogP contribution in [0.15, 0.2) is 24.3 Å². The van der Waals surface area contributed by atoms with Crippen molar-refractivity contribution in [3.8, 4) is 5.75 Å². The van der Waals surface area contributed by atoms with Crippen molar-refractivity contribution < 1.29 is 23.1 Å². The van der Waals surface area contributed by atoms with Gasteiger partial charge >= 0.3 is 6.61 Å². The van der Waals surface area contributed by atoms with Gasteiger partial charge in [0.05, 0.1) is 11.5 Å². The fourth-order valence-corrected chi connectivity index (χ4v) is 3.67. The van der Waals surface area contributed by atoms with Gasteiger partial charge in [-0.1, -0.05) is 12.1 Å². The van der Waals surface area contributed by atoms with Crippen molar-refractivity contribution in [2.45, 2.75) is 38.3 Å². The van der Waals surface area contributed by atoms with Gasteiger partial charge < -0.3 is 20.3 Å². The zero-order valence-electron chi connectivity index (χ0n) is 15.1. The summed E-state index contributed by atoms with van der Waals surface area (Å²) in [5.41, 5.74) is 0.0946. The van der Waals surface area contributed by atoms with Gasteiger partial charge in [-0.15, -0.1) is 0 Å². The molecular weight excluding hydrogens is 356 g/mol. The van der Waals surface area contributed by atoms with Gasteiger partial charge in [-0.05, 0) is 50.9 Å². The molecule has 1 aromatic rings. The number of rotatable bonds is 5. The molecule has 2 fully saturated rings. The molecule has 0 spiro atoms. The first-order chi connectivity index (χ1) is 13.0. The Morgan fingerprint density at radius 2 is 1.93 bits per heavy atom. The lowest BCUT2D eigenvalue weighted by Gasteiger charge is -2.33. The van der Waals surface area contributed by atoms with E-state index < -0.39 is 6.61 Å². The standard InChI is InChI=1S/C19H25F2N3O3/c20-19(21)27-16-6-2-1-5-15(16)18(26)24-11-3-4-13(12-24)17(25)23-14-7-9-22-10-8-14/h1-2,5-6,13-14,19,22H,3-4,7-12H2,(H,23,25). The molecule has 2 aliphatic heterocycles. The van der Waals surface area contributed by atoms with Crippen LogP contribution in [0.25, 0.3) is 0 Å². The molecule has 1 aromatic carbocycles. The molecule has 0 aliphatic carbocycles. The summed E-state index contributed by atoms with van der Waals surface area (Å²) < 4.78 is 29.7. The molecule has 6 nitrogen and oxygen atoms in total. The first kappa shape index (κ1) is 19.5. The first-order valence-corrected chi connectivity index (χ1v) is 9.39. The number of carbonyl (C=O) groups is 2. The van der Waals surface area contributed by atoms with E-state index in [1.807, 2.05) is 0 Å². The Bertz CT molecular complexity index is 665. The van der Waals surface area contributed by atoms with Crippen LogP contribution in [-0.4, -0.2) is 55.5 Å².